The van der Waals surface area contributed by atoms with Crippen LogP contribution in [-0.4, -0.2) is 49.3 Å². The van der Waals surface area contributed by atoms with Gasteiger partial charge < -0.3 is 10.0 Å². The number of aryl methyl sites for hydroxylation is 2. The van der Waals surface area contributed by atoms with Crippen LogP contribution in [0.1, 0.15) is 21.6 Å². The summed E-state index contributed by atoms with van der Waals surface area (Å²) in [6, 6.07) is -0.884. The minimum Gasteiger partial charge on any atom is -0.480 e. The van der Waals surface area contributed by atoms with E-state index >= 15 is 0 Å². The van der Waals surface area contributed by atoms with Crippen LogP contribution in [0, 0.1) is 13.8 Å². The van der Waals surface area contributed by atoms with E-state index in [4.69, 9.17) is 5.11 Å². The van der Waals surface area contributed by atoms with E-state index in [1.807, 2.05) is 0 Å². The Hall–Kier alpha value is -1.83. The summed E-state index contributed by atoms with van der Waals surface area (Å²) >= 11 is 1.36. The van der Waals surface area contributed by atoms with Gasteiger partial charge in [0.15, 0.2) is 0 Å². The third-order valence-corrected chi connectivity index (χ3v) is 4.38. The molecule has 0 saturated carbocycles. The molecule has 2 rings (SSSR count). The Kier molecular flexibility index (Phi) is 3.85. The molecular formula is C12H15N3O4S. The van der Waals surface area contributed by atoms with Gasteiger partial charge >= 0.3 is 5.97 Å². The van der Waals surface area contributed by atoms with Gasteiger partial charge in [-0.1, -0.05) is 0 Å². The Balaban J connectivity index is 2.49. The molecule has 1 aliphatic heterocycles. The summed E-state index contributed by atoms with van der Waals surface area (Å²) in [7, 11) is 1.47. The number of hydrogen-bond acceptors (Lipinski definition) is 5. The van der Waals surface area contributed by atoms with Crippen molar-refractivity contribution in [3.8, 4) is 0 Å². The summed E-state index contributed by atoms with van der Waals surface area (Å²) in [5.74, 6) is -0.973. The predicted octanol–water partition coefficient (Wildman–Crippen LogP) is -0.00316. The fourth-order valence-corrected chi connectivity index (χ4v) is 3.24. The van der Waals surface area contributed by atoms with Crippen LogP contribution in [0.2, 0.25) is 0 Å². The van der Waals surface area contributed by atoms with Crippen molar-refractivity contribution in [2.24, 2.45) is 7.05 Å². The molecule has 108 valence electrons. The molecule has 20 heavy (non-hydrogen) atoms. The summed E-state index contributed by atoms with van der Waals surface area (Å²) in [5.41, 5.74) is 0.584. The van der Waals surface area contributed by atoms with E-state index < -0.39 is 23.5 Å². The van der Waals surface area contributed by atoms with Gasteiger partial charge in [0.25, 0.3) is 11.5 Å². The molecule has 1 saturated heterocycles. The molecule has 1 aromatic heterocycles. The van der Waals surface area contributed by atoms with Crippen molar-refractivity contribution < 1.29 is 14.7 Å². The summed E-state index contributed by atoms with van der Waals surface area (Å²) < 4.78 is 1.11. The van der Waals surface area contributed by atoms with Crippen molar-refractivity contribution in [2.75, 3.05) is 11.6 Å². The lowest BCUT2D eigenvalue weighted by Crippen LogP contribution is -2.44. The second-order valence-electron chi connectivity index (χ2n) is 4.64. The second-order valence-corrected chi connectivity index (χ2v) is 5.64. The lowest BCUT2D eigenvalue weighted by atomic mass is 10.1. The molecule has 0 aliphatic carbocycles. The third kappa shape index (κ3) is 2.31. The molecule has 1 aliphatic rings. The molecule has 1 amide bonds. The number of aromatic nitrogens is 2. The number of thioether (sulfide) groups is 1. The topological polar surface area (TPSA) is 92.5 Å². The first kappa shape index (κ1) is 14.6. The third-order valence-electron chi connectivity index (χ3n) is 3.37. The average molecular weight is 297 g/mol. The summed E-state index contributed by atoms with van der Waals surface area (Å²) in [6.45, 7) is 3.36. The fourth-order valence-electron chi connectivity index (χ4n) is 2.09. The van der Waals surface area contributed by atoms with Crippen molar-refractivity contribution in [1.29, 1.82) is 0 Å². The second kappa shape index (κ2) is 5.28. The maximum atomic E-state index is 12.5. The Morgan fingerprint density at radius 1 is 1.40 bits per heavy atom. The highest BCUT2D eigenvalue weighted by atomic mass is 32.2. The molecule has 2 heterocycles. The normalized spacial score (nSPS) is 18.4. The maximum Gasteiger partial charge on any atom is 0.327 e. The zero-order valence-corrected chi connectivity index (χ0v) is 12.2. The number of carboxylic acid groups (broad SMARTS) is 1. The average Bonchev–Trinajstić information content (AvgIpc) is 2.86. The van der Waals surface area contributed by atoms with Crippen molar-refractivity contribution in [1.82, 2.24) is 14.7 Å². The molecule has 0 aromatic carbocycles. The lowest BCUT2D eigenvalue weighted by Gasteiger charge is -2.21. The van der Waals surface area contributed by atoms with Crippen LogP contribution in [0.5, 0.6) is 0 Å². The number of carbonyl (C=O) groups excluding carboxylic acids is 1. The van der Waals surface area contributed by atoms with Crippen LogP contribution >= 0.6 is 11.8 Å². The van der Waals surface area contributed by atoms with Crippen LogP contribution in [0.4, 0.5) is 0 Å². The van der Waals surface area contributed by atoms with Crippen LogP contribution < -0.4 is 5.56 Å². The Labute approximate surface area is 119 Å². The number of rotatable bonds is 2. The van der Waals surface area contributed by atoms with Crippen LogP contribution in [0.25, 0.3) is 0 Å². The van der Waals surface area contributed by atoms with Crippen molar-refractivity contribution in [2.45, 2.75) is 19.9 Å². The van der Waals surface area contributed by atoms with Gasteiger partial charge in [0.05, 0.1) is 11.6 Å². The quantitative estimate of drug-likeness (QED) is 0.826. The van der Waals surface area contributed by atoms with E-state index in [0.717, 1.165) is 4.68 Å². The van der Waals surface area contributed by atoms with E-state index in [1.165, 1.54) is 23.7 Å². The first-order valence-electron chi connectivity index (χ1n) is 6.00. The number of hydrogen-bond donors (Lipinski definition) is 1. The standard InChI is InChI=1S/C12H15N3O4S/c1-6-7(2)13-14(3)10(16)9(6)11(17)15-5-20-4-8(15)12(18)19/h8H,4-5H2,1-3H3,(H,18,19). The van der Waals surface area contributed by atoms with Crippen molar-refractivity contribution in [3.63, 3.8) is 0 Å². The Morgan fingerprint density at radius 3 is 2.65 bits per heavy atom. The molecule has 7 nitrogen and oxygen atoms in total. The largest absolute Gasteiger partial charge is 0.480 e. The Morgan fingerprint density at radius 2 is 2.05 bits per heavy atom. The molecule has 0 bridgehead atoms. The number of nitrogens with zero attached hydrogens (tertiary/aromatic N) is 3. The molecule has 0 radical (unpaired) electrons. The Bertz CT molecular complexity index is 640. The van der Waals surface area contributed by atoms with Crippen molar-refractivity contribution in [3.05, 3.63) is 27.2 Å². The van der Waals surface area contributed by atoms with Crippen LogP contribution in [0.15, 0.2) is 4.79 Å². The van der Waals surface area contributed by atoms with Crippen LogP contribution in [-0.2, 0) is 11.8 Å². The fraction of sp³-hybridized carbons (Fsp3) is 0.500. The van der Waals surface area contributed by atoms with Gasteiger partial charge in [-0.15, -0.1) is 11.8 Å². The minimum absolute atomic E-state index is 0.00810. The van der Waals surface area contributed by atoms with Gasteiger partial charge in [-0.05, 0) is 19.4 Å². The number of carbonyl (C=O) groups is 2. The highest BCUT2D eigenvalue weighted by Gasteiger charge is 2.36. The van der Waals surface area contributed by atoms with Crippen molar-refractivity contribution >= 4 is 23.6 Å². The zero-order chi connectivity index (χ0) is 15.0. The van der Waals surface area contributed by atoms with E-state index in [2.05, 4.69) is 5.10 Å². The van der Waals surface area contributed by atoms with Gasteiger partial charge in [-0.3, -0.25) is 9.59 Å². The number of aliphatic carboxylic acids is 1. The SMILES string of the molecule is Cc1nn(C)c(=O)c(C(=O)N2CSCC2C(=O)O)c1C. The first-order chi connectivity index (χ1) is 9.34. The summed E-state index contributed by atoms with van der Waals surface area (Å²) in [4.78, 5) is 37.0. The smallest absolute Gasteiger partial charge is 0.327 e. The molecule has 1 atom stereocenters. The molecule has 1 N–H and O–H groups in total. The molecule has 1 fully saturated rings. The van der Waals surface area contributed by atoms with Crippen LogP contribution in [0.3, 0.4) is 0 Å². The summed E-state index contributed by atoms with van der Waals surface area (Å²) in [5, 5.41) is 13.1. The minimum atomic E-state index is -1.05. The number of amides is 1. The zero-order valence-electron chi connectivity index (χ0n) is 11.4. The molecule has 1 unspecified atom stereocenters. The van der Waals surface area contributed by atoms with Gasteiger partial charge in [0, 0.05) is 12.8 Å². The highest BCUT2D eigenvalue weighted by molar-refractivity contribution is 7.99. The highest BCUT2D eigenvalue weighted by Crippen LogP contribution is 2.23. The monoisotopic (exact) mass is 297 g/mol. The molecule has 8 heteroatoms. The summed E-state index contributed by atoms with van der Waals surface area (Å²) in [6.07, 6.45) is 0. The number of carboxylic acids is 1. The van der Waals surface area contributed by atoms with Gasteiger partial charge in [0.2, 0.25) is 0 Å². The first-order valence-corrected chi connectivity index (χ1v) is 7.16. The molecule has 0 spiro atoms. The van der Waals surface area contributed by atoms with E-state index in [9.17, 15) is 14.4 Å². The van der Waals surface area contributed by atoms with Gasteiger partial charge in [-0.25, -0.2) is 9.48 Å². The van der Waals surface area contributed by atoms with Gasteiger partial charge in [0.1, 0.15) is 11.6 Å². The molecule has 1 aromatic rings. The maximum absolute atomic E-state index is 12.5. The van der Waals surface area contributed by atoms with E-state index in [1.54, 1.807) is 13.8 Å². The van der Waals surface area contributed by atoms with E-state index in [-0.39, 0.29) is 11.4 Å². The molecular weight excluding hydrogens is 282 g/mol. The predicted molar refractivity (Wildman–Crippen MR) is 73.9 cm³/mol. The van der Waals surface area contributed by atoms with Gasteiger partial charge in [-0.2, -0.15) is 5.10 Å². The van der Waals surface area contributed by atoms with E-state index in [0.29, 0.717) is 17.0 Å². The lowest BCUT2D eigenvalue weighted by molar-refractivity contribution is -0.140.